The normalized spacial score (nSPS) is 15.8. The van der Waals surface area contributed by atoms with Crippen LogP contribution < -0.4 is 10.1 Å². The first kappa shape index (κ1) is 17.3. The molecular weight excluding hydrogens is 340 g/mol. The van der Waals surface area contributed by atoms with Gasteiger partial charge in [-0.05, 0) is 54.7 Å². The van der Waals surface area contributed by atoms with Gasteiger partial charge in [-0.2, -0.15) is 5.10 Å². The van der Waals surface area contributed by atoms with Crippen molar-refractivity contribution in [3.05, 3.63) is 65.5 Å². The Kier molecular flexibility index (Phi) is 4.87. The summed E-state index contributed by atoms with van der Waals surface area (Å²) in [6.07, 6.45) is 4.75. The number of aromatic amines is 1. The average Bonchev–Trinajstić information content (AvgIpc) is 3.26. The predicted octanol–water partition coefficient (Wildman–Crippen LogP) is 3.33. The summed E-state index contributed by atoms with van der Waals surface area (Å²) in [5.41, 5.74) is 4.20. The van der Waals surface area contributed by atoms with Gasteiger partial charge in [0.2, 0.25) is 0 Å². The predicted molar refractivity (Wildman–Crippen MR) is 103 cm³/mol. The first-order chi connectivity index (χ1) is 13.2. The van der Waals surface area contributed by atoms with Gasteiger partial charge in [0.1, 0.15) is 12.1 Å². The van der Waals surface area contributed by atoms with E-state index in [0.29, 0.717) is 23.9 Å². The maximum absolute atomic E-state index is 12.5. The fraction of sp³-hybridized carbons (Fsp3) is 0.286. The van der Waals surface area contributed by atoms with Gasteiger partial charge in [-0.25, -0.2) is 4.98 Å². The molecule has 138 valence electrons. The highest BCUT2D eigenvalue weighted by atomic mass is 16.5. The highest BCUT2D eigenvalue weighted by Crippen LogP contribution is 2.33. The van der Waals surface area contributed by atoms with Gasteiger partial charge in [-0.15, -0.1) is 0 Å². The Morgan fingerprint density at radius 1 is 1.26 bits per heavy atom. The highest BCUT2D eigenvalue weighted by Gasteiger charge is 2.21. The van der Waals surface area contributed by atoms with Gasteiger partial charge in [0.05, 0.1) is 7.11 Å². The molecule has 1 aromatic heterocycles. The fourth-order valence-electron chi connectivity index (χ4n) is 3.67. The van der Waals surface area contributed by atoms with Crippen LogP contribution >= 0.6 is 0 Å². The van der Waals surface area contributed by atoms with Gasteiger partial charge < -0.3 is 10.1 Å². The summed E-state index contributed by atoms with van der Waals surface area (Å²) in [4.78, 5) is 16.6. The molecule has 0 fully saturated rings. The number of nitrogens with one attached hydrogen (secondary N) is 2. The third kappa shape index (κ3) is 3.69. The van der Waals surface area contributed by atoms with Crippen LogP contribution in [0, 0.1) is 0 Å². The summed E-state index contributed by atoms with van der Waals surface area (Å²) < 4.78 is 5.33. The zero-order valence-electron chi connectivity index (χ0n) is 15.2. The van der Waals surface area contributed by atoms with Crippen LogP contribution in [-0.2, 0) is 6.42 Å². The number of carbonyl (C=O) groups is 1. The van der Waals surface area contributed by atoms with Crippen molar-refractivity contribution in [2.45, 2.75) is 25.2 Å². The van der Waals surface area contributed by atoms with Crippen LogP contribution in [0.15, 0.2) is 48.8 Å². The average molecular weight is 362 g/mol. The number of rotatable bonds is 5. The van der Waals surface area contributed by atoms with Gasteiger partial charge in [0.25, 0.3) is 5.91 Å². The van der Waals surface area contributed by atoms with Crippen LogP contribution in [0.5, 0.6) is 5.75 Å². The molecule has 0 aliphatic heterocycles. The van der Waals surface area contributed by atoms with Gasteiger partial charge in [-0.1, -0.05) is 18.2 Å². The van der Waals surface area contributed by atoms with E-state index in [2.05, 4.69) is 32.6 Å². The van der Waals surface area contributed by atoms with Crippen LogP contribution in [0.1, 0.15) is 40.2 Å². The smallest absolute Gasteiger partial charge is 0.251 e. The number of aryl methyl sites for hydroxylation is 1. The summed E-state index contributed by atoms with van der Waals surface area (Å²) in [6, 6.07) is 13.6. The van der Waals surface area contributed by atoms with E-state index in [-0.39, 0.29) is 5.91 Å². The monoisotopic (exact) mass is 362 g/mol. The number of carbonyl (C=O) groups excluding carboxylic acids is 1. The number of hydrogen-bond donors (Lipinski definition) is 2. The maximum atomic E-state index is 12.5. The Morgan fingerprint density at radius 2 is 2.11 bits per heavy atom. The number of H-pyrrole nitrogens is 1. The first-order valence-electron chi connectivity index (χ1n) is 9.15. The van der Waals surface area contributed by atoms with E-state index in [1.165, 1.54) is 17.5 Å². The zero-order chi connectivity index (χ0) is 18.6. The van der Waals surface area contributed by atoms with Crippen LogP contribution in [0.25, 0.3) is 11.4 Å². The van der Waals surface area contributed by atoms with E-state index < -0.39 is 0 Å². The minimum Gasteiger partial charge on any atom is -0.497 e. The Morgan fingerprint density at radius 3 is 2.85 bits per heavy atom. The van der Waals surface area contributed by atoms with Crippen molar-refractivity contribution in [1.29, 1.82) is 0 Å². The Hall–Kier alpha value is -3.15. The molecule has 6 heteroatoms. The zero-order valence-corrected chi connectivity index (χ0v) is 15.2. The molecule has 1 unspecified atom stereocenters. The number of methoxy groups -OCH3 is 1. The molecule has 1 amide bonds. The van der Waals surface area contributed by atoms with E-state index in [1.54, 1.807) is 7.11 Å². The van der Waals surface area contributed by atoms with Crippen molar-refractivity contribution >= 4 is 5.91 Å². The van der Waals surface area contributed by atoms with Crippen molar-refractivity contribution in [3.63, 3.8) is 0 Å². The van der Waals surface area contributed by atoms with Crippen molar-refractivity contribution in [2.24, 2.45) is 0 Å². The summed E-state index contributed by atoms with van der Waals surface area (Å²) in [5, 5.41) is 9.75. The number of fused-ring (bicyclic) bond motifs is 1. The minimum absolute atomic E-state index is 0.0558. The van der Waals surface area contributed by atoms with Crippen LogP contribution in [0.4, 0.5) is 0 Å². The molecular formula is C21H22N4O2. The van der Waals surface area contributed by atoms with Crippen LogP contribution in [0.2, 0.25) is 0 Å². The second-order valence-electron chi connectivity index (χ2n) is 6.78. The highest BCUT2D eigenvalue weighted by molar-refractivity contribution is 5.94. The number of aromatic nitrogens is 3. The summed E-state index contributed by atoms with van der Waals surface area (Å²) in [6.45, 7) is 0.641. The van der Waals surface area contributed by atoms with Gasteiger partial charge in [0.15, 0.2) is 5.82 Å². The Labute approximate surface area is 158 Å². The number of benzene rings is 2. The second-order valence-corrected chi connectivity index (χ2v) is 6.78. The molecule has 6 nitrogen and oxygen atoms in total. The lowest BCUT2D eigenvalue weighted by Gasteiger charge is -2.26. The van der Waals surface area contributed by atoms with Gasteiger partial charge >= 0.3 is 0 Å². The molecule has 0 saturated carbocycles. The molecule has 2 N–H and O–H groups in total. The molecule has 2 aromatic carbocycles. The lowest BCUT2D eigenvalue weighted by Crippen LogP contribution is -2.29. The van der Waals surface area contributed by atoms with E-state index in [4.69, 9.17) is 4.74 Å². The fourth-order valence-corrected chi connectivity index (χ4v) is 3.67. The third-order valence-corrected chi connectivity index (χ3v) is 5.13. The molecule has 27 heavy (non-hydrogen) atoms. The molecule has 0 bridgehead atoms. The summed E-state index contributed by atoms with van der Waals surface area (Å²) in [5.74, 6) is 1.87. The second kappa shape index (κ2) is 7.61. The summed E-state index contributed by atoms with van der Waals surface area (Å²) in [7, 11) is 1.69. The molecule has 0 radical (unpaired) electrons. The first-order valence-corrected chi connectivity index (χ1v) is 9.15. The minimum atomic E-state index is -0.0558. The molecule has 1 heterocycles. The number of ether oxygens (including phenoxy) is 1. The Balaban J connectivity index is 1.41. The van der Waals surface area contributed by atoms with Gasteiger partial charge in [-0.3, -0.25) is 9.89 Å². The van der Waals surface area contributed by atoms with Gasteiger partial charge in [0, 0.05) is 23.6 Å². The molecule has 0 spiro atoms. The quantitative estimate of drug-likeness (QED) is 0.730. The largest absolute Gasteiger partial charge is 0.497 e. The lowest BCUT2D eigenvalue weighted by molar-refractivity contribution is 0.0950. The van der Waals surface area contributed by atoms with E-state index in [1.807, 2.05) is 30.3 Å². The summed E-state index contributed by atoms with van der Waals surface area (Å²) >= 11 is 0. The van der Waals surface area contributed by atoms with E-state index in [9.17, 15) is 4.79 Å². The maximum Gasteiger partial charge on any atom is 0.251 e. The van der Waals surface area contributed by atoms with Crippen molar-refractivity contribution < 1.29 is 9.53 Å². The molecule has 4 rings (SSSR count). The third-order valence-electron chi connectivity index (χ3n) is 5.13. The number of nitrogens with zero attached hydrogens (tertiary/aromatic N) is 2. The number of amides is 1. The molecule has 0 saturated heterocycles. The van der Waals surface area contributed by atoms with Crippen molar-refractivity contribution in [1.82, 2.24) is 20.5 Å². The SMILES string of the molecule is COc1ccc2c(c1)CCCC2CNC(=O)c1ccc(-c2ncn[nH]2)cc1. The molecule has 3 aromatic rings. The van der Waals surface area contributed by atoms with Crippen molar-refractivity contribution in [2.75, 3.05) is 13.7 Å². The van der Waals surface area contributed by atoms with Crippen LogP contribution in [-0.4, -0.2) is 34.7 Å². The van der Waals surface area contributed by atoms with Crippen molar-refractivity contribution in [3.8, 4) is 17.1 Å². The van der Waals surface area contributed by atoms with E-state index >= 15 is 0 Å². The molecule has 1 aliphatic carbocycles. The molecule has 1 atom stereocenters. The van der Waals surface area contributed by atoms with Crippen LogP contribution in [0.3, 0.4) is 0 Å². The molecule has 1 aliphatic rings. The number of hydrogen-bond acceptors (Lipinski definition) is 4. The standard InChI is InChI=1S/C21H22N4O2/c1-27-18-9-10-19-16(11-18)3-2-4-17(19)12-22-21(26)15-7-5-14(6-8-15)20-23-13-24-25-20/h5-11,13,17H,2-4,12H2,1H3,(H,22,26)(H,23,24,25). The lowest BCUT2D eigenvalue weighted by atomic mass is 9.82. The Bertz CT molecular complexity index is 920. The topological polar surface area (TPSA) is 79.9 Å². The van der Waals surface area contributed by atoms with E-state index in [0.717, 1.165) is 30.6 Å².